The summed E-state index contributed by atoms with van der Waals surface area (Å²) in [6, 6.07) is 0. The molecule has 0 aromatic rings. The molecule has 1 atom stereocenters. The van der Waals surface area contributed by atoms with E-state index in [0.717, 1.165) is 13.1 Å². The van der Waals surface area contributed by atoms with E-state index in [1.165, 1.54) is 0 Å². The Kier molecular flexibility index (Phi) is 3.26. The molecule has 1 saturated heterocycles. The predicted octanol–water partition coefficient (Wildman–Crippen LogP) is -1.36. The molecule has 1 unspecified atom stereocenters. The zero-order valence-electron chi connectivity index (χ0n) is 6.86. The zero-order chi connectivity index (χ0) is 8.27. The first-order chi connectivity index (χ1) is 5.22. The molecule has 1 aliphatic rings. The largest absolute Gasteiger partial charge is 0.389 e. The molecule has 0 saturated carbocycles. The second kappa shape index (κ2) is 4.01. The van der Waals surface area contributed by atoms with Gasteiger partial charge in [0, 0.05) is 19.6 Å². The van der Waals surface area contributed by atoms with E-state index < -0.39 is 6.10 Å². The van der Waals surface area contributed by atoms with Gasteiger partial charge in [-0.3, -0.25) is 0 Å². The Labute approximate surface area is 66.9 Å². The number of aliphatic hydroxyl groups is 1. The van der Waals surface area contributed by atoms with E-state index in [1.54, 1.807) is 0 Å². The van der Waals surface area contributed by atoms with Crippen LogP contribution in [0.25, 0.3) is 0 Å². The highest BCUT2D eigenvalue weighted by atomic mass is 16.5. The van der Waals surface area contributed by atoms with Crippen molar-refractivity contribution in [2.75, 3.05) is 33.3 Å². The molecule has 1 aliphatic heterocycles. The van der Waals surface area contributed by atoms with Crippen LogP contribution in [0.4, 0.5) is 0 Å². The number of nitrogens with zero attached hydrogens (tertiary/aromatic N) is 1. The van der Waals surface area contributed by atoms with Crippen LogP contribution in [-0.4, -0.2) is 55.5 Å². The molecular formula is C7H16N2O2. The van der Waals surface area contributed by atoms with Crippen molar-refractivity contribution in [2.45, 2.75) is 12.2 Å². The summed E-state index contributed by atoms with van der Waals surface area (Å²) >= 11 is 0. The summed E-state index contributed by atoms with van der Waals surface area (Å²) in [6.45, 7) is 2.59. The topological polar surface area (TPSA) is 58.7 Å². The fourth-order valence-corrected chi connectivity index (χ4v) is 1.06. The molecule has 0 aromatic carbocycles. The molecule has 0 bridgehead atoms. The molecule has 0 aliphatic carbocycles. The molecular weight excluding hydrogens is 144 g/mol. The Morgan fingerprint density at radius 3 is 2.82 bits per heavy atom. The highest BCUT2D eigenvalue weighted by Crippen LogP contribution is 2.08. The fraction of sp³-hybridized carbons (Fsp3) is 1.00. The number of rotatable bonds is 4. The van der Waals surface area contributed by atoms with Gasteiger partial charge in [0.15, 0.2) is 0 Å². The van der Waals surface area contributed by atoms with E-state index in [4.69, 9.17) is 15.6 Å². The Morgan fingerprint density at radius 1 is 1.73 bits per heavy atom. The fourth-order valence-electron chi connectivity index (χ4n) is 1.06. The Hall–Kier alpha value is -0.160. The molecule has 1 rings (SSSR count). The lowest BCUT2D eigenvalue weighted by atomic mass is 10.2. The first-order valence-electron chi connectivity index (χ1n) is 3.90. The monoisotopic (exact) mass is 160 g/mol. The number of likely N-dealkylation sites (N-methyl/N-ethyl adjacent to an activating group) is 1. The minimum absolute atomic E-state index is 0.280. The van der Waals surface area contributed by atoms with Crippen LogP contribution in [0.2, 0.25) is 0 Å². The third kappa shape index (κ3) is 2.75. The van der Waals surface area contributed by atoms with Crippen LogP contribution in [-0.2, 0) is 4.74 Å². The lowest BCUT2D eigenvalue weighted by Gasteiger charge is -2.36. The van der Waals surface area contributed by atoms with Gasteiger partial charge in [0.25, 0.3) is 0 Å². The van der Waals surface area contributed by atoms with Crippen molar-refractivity contribution in [1.82, 2.24) is 4.90 Å². The number of likely N-dealkylation sites (tertiary alicyclic amines) is 1. The quantitative estimate of drug-likeness (QED) is 0.533. The molecule has 1 heterocycles. The molecule has 11 heavy (non-hydrogen) atoms. The standard InChI is InChI=1S/C7H16N2O2/c1-9-3-7(4-9)11-5-6(10)2-8/h6-7,10H,2-5,8H2,1H3. The highest BCUT2D eigenvalue weighted by molar-refractivity contribution is 4.77. The van der Waals surface area contributed by atoms with E-state index in [2.05, 4.69) is 4.90 Å². The SMILES string of the molecule is CN1CC(OCC(O)CN)C1. The Morgan fingerprint density at radius 2 is 2.36 bits per heavy atom. The summed E-state index contributed by atoms with van der Waals surface area (Å²) in [5, 5.41) is 9.03. The molecule has 1 fully saturated rings. The third-order valence-electron chi connectivity index (χ3n) is 1.83. The first kappa shape index (κ1) is 8.93. The summed E-state index contributed by atoms with van der Waals surface area (Å²) in [5.74, 6) is 0. The molecule has 66 valence electrons. The zero-order valence-corrected chi connectivity index (χ0v) is 6.86. The highest BCUT2D eigenvalue weighted by Gasteiger charge is 2.23. The van der Waals surface area contributed by atoms with Gasteiger partial charge in [-0.1, -0.05) is 0 Å². The lowest BCUT2D eigenvalue weighted by Crippen LogP contribution is -2.50. The van der Waals surface area contributed by atoms with E-state index >= 15 is 0 Å². The summed E-state index contributed by atoms with van der Waals surface area (Å²) in [7, 11) is 2.04. The van der Waals surface area contributed by atoms with E-state index in [0.29, 0.717) is 12.7 Å². The molecule has 0 radical (unpaired) electrons. The van der Waals surface area contributed by atoms with Gasteiger partial charge in [-0.05, 0) is 7.05 Å². The van der Waals surface area contributed by atoms with Crippen LogP contribution in [0.15, 0.2) is 0 Å². The molecule has 3 N–H and O–H groups in total. The van der Waals surface area contributed by atoms with Gasteiger partial charge in [-0.2, -0.15) is 0 Å². The summed E-state index contributed by atoms with van der Waals surface area (Å²) < 4.78 is 5.33. The van der Waals surface area contributed by atoms with Crippen molar-refractivity contribution in [2.24, 2.45) is 5.73 Å². The molecule has 0 spiro atoms. The van der Waals surface area contributed by atoms with E-state index in [9.17, 15) is 0 Å². The Bertz CT molecular complexity index is 115. The summed E-state index contributed by atoms with van der Waals surface area (Å²) in [4.78, 5) is 2.17. The van der Waals surface area contributed by atoms with Crippen LogP contribution in [0, 0.1) is 0 Å². The van der Waals surface area contributed by atoms with Crippen LogP contribution in [0.3, 0.4) is 0 Å². The maximum absolute atomic E-state index is 9.03. The van der Waals surface area contributed by atoms with Gasteiger partial charge >= 0.3 is 0 Å². The third-order valence-corrected chi connectivity index (χ3v) is 1.83. The number of ether oxygens (including phenoxy) is 1. The van der Waals surface area contributed by atoms with Crippen molar-refractivity contribution >= 4 is 0 Å². The number of hydrogen-bond donors (Lipinski definition) is 2. The maximum atomic E-state index is 9.03. The van der Waals surface area contributed by atoms with Gasteiger partial charge in [0.2, 0.25) is 0 Å². The number of nitrogens with two attached hydrogens (primary N) is 1. The normalized spacial score (nSPS) is 23.2. The number of hydrogen-bond acceptors (Lipinski definition) is 4. The summed E-state index contributed by atoms with van der Waals surface area (Å²) in [5.41, 5.74) is 5.20. The second-order valence-corrected chi connectivity index (χ2v) is 3.07. The minimum Gasteiger partial charge on any atom is -0.389 e. The Balaban J connectivity index is 1.96. The van der Waals surface area contributed by atoms with Crippen LogP contribution in [0.5, 0.6) is 0 Å². The predicted molar refractivity (Wildman–Crippen MR) is 42.3 cm³/mol. The van der Waals surface area contributed by atoms with E-state index in [-0.39, 0.29) is 6.54 Å². The van der Waals surface area contributed by atoms with Gasteiger partial charge in [-0.15, -0.1) is 0 Å². The average Bonchev–Trinajstić information content (AvgIpc) is 1.95. The van der Waals surface area contributed by atoms with Gasteiger partial charge in [-0.25, -0.2) is 0 Å². The van der Waals surface area contributed by atoms with Gasteiger partial charge in [0.05, 0.1) is 18.8 Å². The molecule has 0 amide bonds. The van der Waals surface area contributed by atoms with Crippen LogP contribution >= 0.6 is 0 Å². The lowest BCUT2D eigenvalue weighted by molar-refractivity contribution is -0.0704. The van der Waals surface area contributed by atoms with Crippen LogP contribution < -0.4 is 5.73 Å². The van der Waals surface area contributed by atoms with Crippen molar-refractivity contribution in [3.05, 3.63) is 0 Å². The minimum atomic E-state index is -0.499. The first-order valence-corrected chi connectivity index (χ1v) is 3.90. The smallest absolute Gasteiger partial charge is 0.0895 e. The summed E-state index contributed by atoms with van der Waals surface area (Å²) in [6.07, 6.45) is -0.192. The average molecular weight is 160 g/mol. The van der Waals surface area contributed by atoms with Gasteiger partial charge in [0.1, 0.15) is 0 Å². The second-order valence-electron chi connectivity index (χ2n) is 3.07. The van der Waals surface area contributed by atoms with Crippen molar-refractivity contribution in [3.8, 4) is 0 Å². The van der Waals surface area contributed by atoms with Crippen molar-refractivity contribution < 1.29 is 9.84 Å². The van der Waals surface area contributed by atoms with Crippen molar-refractivity contribution in [1.29, 1.82) is 0 Å². The molecule has 4 heteroatoms. The van der Waals surface area contributed by atoms with E-state index in [1.807, 2.05) is 7.05 Å². The maximum Gasteiger partial charge on any atom is 0.0895 e. The number of aliphatic hydroxyl groups excluding tert-OH is 1. The van der Waals surface area contributed by atoms with Gasteiger partial charge < -0.3 is 20.5 Å². The van der Waals surface area contributed by atoms with Crippen molar-refractivity contribution in [3.63, 3.8) is 0 Å². The van der Waals surface area contributed by atoms with Crippen LogP contribution in [0.1, 0.15) is 0 Å². The molecule has 0 aromatic heterocycles. The molecule has 4 nitrogen and oxygen atoms in total.